The van der Waals surface area contributed by atoms with Crippen LogP contribution in [0.3, 0.4) is 0 Å². The smallest absolute Gasteiger partial charge is 0.255 e. The monoisotopic (exact) mass is 479 g/mol. The van der Waals surface area contributed by atoms with Crippen molar-refractivity contribution < 1.29 is 17.9 Å². The first-order valence-electron chi connectivity index (χ1n) is 10.8. The van der Waals surface area contributed by atoms with Gasteiger partial charge in [-0.25, -0.2) is 13.8 Å². The van der Waals surface area contributed by atoms with Crippen LogP contribution in [0.25, 0.3) is 0 Å². The van der Waals surface area contributed by atoms with Crippen LogP contribution in [-0.4, -0.2) is 38.5 Å². The van der Waals surface area contributed by atoms with E-state index in [2.05, 4.69) is 10.5 Å². The van der Waals surface area contributed by atoms with Crippen molar-refractivity contribution in [1.29, 1.82) is 0 Å². The van der Waals surface area contributed by atoms with Gasteiger partial charge in [0.2, 0.25) is 10.0 Å². The molecule has 0 atom stereocenters. The summed E-state index contributed by atoms with van der Waals surface area (Å²) in [6.45, 7) is 5.15. The Morgan fingerprint density at radius 2 is 1.62 bits per heavy atom. The molecule has 3 rings (SSSR count). The Balaban J connectivity index is 1.83. The molecule has 8 heteroatoms. The summed E-state index contributed by atoms with van der Waals surface area (Å²) in [7, 11) is -2.37. The van der Waals surface area contributed by atoms with E-state index in [4.69, 9.17) is 4.74 Å². The Morgan fingerprint density at radius 3 is 2.21 bits per heavy atom. The molecule has 0 radical (unpaired) electrons. The minimum Gasteiger partial charge on any atom is -0.497 e. The van der Waals surface area contributed by atoms with Gasteiger partial charge in [-0.05, 0) is 67.3 Å². The van der Waals surface area contributed by atoms with E-state index in [0.29, 0.717) is 16.9 Å². The molecule has 0 bridgehead atoms. The van der Waals surface area contributed by atoms with Crippen molar-refractivity contribution in [3.8, 4) is 5.75 Å². The van der Waals surface area contributed by atoms with Crippen molar-refractivity contribution in [2.75, 3.05) is 13.7 Å². The molecule has 0 unspecified atom stereocenters. The van der Waals surface area contributed by atoms with E-state index in [0.717, 1.165) is 16.7 Å². The molecule has 0 aromatic heterocycles. The summed E-state index contributed by atoms with van der Waals surface area (Å²) >= 11 is 0. The third-order valence-corrected chi connectivity index (χ3v) is 7.34. The van der Waals surface area contributed by atoms with E-state index >= 15 is 0 Å². The topological polar surface area (TPSA) is 88.1 Å². The SMILES string of the molecule is COc1ccc(/C=N\NC(=O)CN(Cc2ccccc2)S(=O)(=O)c2c(C)cc(C)cc2C)cc1. The van der Waals surface area contributed by atoms with E-state index in [1.165, 1.54) is 10.5 Å². The summed E-state index contributed by atoms with van der Waals surface area (Å²) in [5.41, 5.74) is 6.25. The number of rotatable bonds is 9. The zero-order valence-corrected chi connectivity index (χ0v) is 20.6. The van der Waals surface area contributed by atoms with Crippen molar-refractivity contribution >= 4 is 22.1 Å². The zero-order valence-electron chi connectivity index (χ0n) is 19.8. The molecule has 0 saturated carbocycles. The Kier molecular flexibility index (Phi) is 8.20. The van der Waals surface area contributed by atoms with Gasteiger partial charge in [0.25, 0.3) is 5.91 Å². The van der Waals surface area contributed by atoms with Gasteiger partial charge in [0.15, 0.2) is 0 Å². The van der Waals surface area contributed by atoms with Gasteiger partial charge in [-0.3, -0.25) is 4.79 Å². The molecule has 0 saturated heterocycles. The lowest BCUT2D eigenvalue weighted by Gasteiger charge is -2.24. The van der Waals surface area contributed by atoms with E-state index in [9.17, 15) is 13.2 Å². The van der Waals surface area contributed by atoms with Gasteiger partial charge < -0.3 is 4.74 Å². The highest BCUT2D eigenvalue weighted by atomic mass is 32.2. The summed E-state index contributed by atoms with van der Waals surface area (Å²) in [5.74, 6) is 0.177. The van der Waals surface area contributed by atoms with Crippen LogP contribution in [0.2, 0.25) is 0 Å². The minimum absolute atomic E-state index is 0.0611. The number of carbonyl (C=O) groups is 1. The molecule has 0 aliphatic rings. The largest absolute Gasteiger partial charge is 0.497 e. The first-order chi connectivity index (χ1) is 16.2. The summed E-state index contributed by atoms with van der Waals surface area (Å²) in [6, 6.07) is 20.0. The van der Waals surface area contributed by atoms with Crippen molar-refractivity contribution in [1.82, 2.24) is 9.73 Å². The van der Waals surface area contributed by atoms with Crippen molar-refractivity contribution in [3.63, 3.8) is 0 Å². The standard InChI is InChI=1S/C26H29N3O4S/c1-19-14-20(2)26(21(3)15-19)34(31,32)29(17-23-8-6-5-7-9-23)18-25(30)28-27-16-22-10-12-24(33-4)13-11-22/h5-16H,17-18H2,1-4H3,(H,28,30)/b27-16-. The maximum Gasteiger partial charge on any atom is 0.255 e. The minimum atomic E-state index is -3.95. The molecule has 1 N–H and O–H groups in total. The number of sulfonamides is 1. The van der Waals surface area contributed by atoms with Crippen LogP contribution < -0.4 is 10.2 Å². The third-order valence-electron chi connectivity index (χ3n) is 5.24. The highest BCUT2D eigenvalue weighted by Crippen LogP contribution is 2.26. The molecule has 1 amide bonds. The molecule has 7 nitrogen and oxygen atoms in total. The third kappa shape index (κ3) is 6.30. The molecule has 34 heavy (non-hydrogen) atoms. The Labute approximate surface area is 201 Å². The molecule has 0 aliphatic carbocycles. The quantitative estimate of drug-likeness (QED) is 0.372. The number of nitrogens with one attached hydrogen (secondary N) is 1. The Hall–Kier alpha value is -3.49. The van der Waals surface area contributed by atoms with Crippen LogP contribution in [0.4, 0.5) is 0 Å². The van der Waals surface area contributed by atoms with Gasteiger partial charge in [-0.2, -0.15) is 9.41 Å². The van der Waals surface area contributed by atoms with Crippen molar-refractivity contribution in [2.24, 2.45) is 5.10 Å². The lowest BCUT2D eigenvalue weighted by atomic mass is 10.1. The first kappa shape index (κ1) is 25.1. The number of hydrogen-bond donors (Lipinski definition) is 1. The number of benzene rings is 3. The molecule has 3 aromatic rings. The van der Waals surface area contributed by atoms with Gasteiger partial charge in [-0.1, -0.05) is 48.0 Å². The second-order valence-corrected chi connectivity index (χ2v) is 9.93. The molecule has 0 spiro atoms. The van der Waals surface area contributed by atoms with Crippen LogP contribution in [0.15, 0.2) is 76.7 Å². The number of amides is 1. The lowest BCUT2D eigenvalue weighted by molar-refractivity contribution is -0.121. The Morgan fingerprint density at radius 1 is 1.00 bits per heavy atom. The first-order valence-corrected chi connectivity index (χ1v) is 12.2. The van der Waals surface area contributed by atoms with E-state index in [-0.39, 0.29) is 18.0 Å². The summed E-state index contributed by atoms with van der Waals surface area (Å²) < 4.78 is 33.7. The molecular formula is C26H29N3O4S. The van der Waals surface area contributed by atoms with Crippen LogP contribution in [0, 0.1) is 20.8 Å². The Bertz CT molecular complexity index is 1250. The van der Waals surface area contributed by atoms with Gasteiger partial charge in [0.05, 0.1) is 24.8 Å². The number of carbonyl (C=O) groups excluding carboxylic acids is 1. The molecule has 0 fully saturated rings. The fourth-order valence-corrected chi connectivity index (χ4v) is 5.58. The summed E-state index contributed by atoms with van der Waals surface area (Å²) in [6.07, 6.45) is 1.49. The van der Waals surface area contributed by atoms with E-state index < -0.39 is 15.9 Å². The summed E-state index contributed by atoms with van der Waals surface area (Å²) in [4.78, 5) is 12.9. The zero-order chi connectivity index (χ0) is 24.7. The molecule has 3 aromatic carbocycles. The normalized spacial score (nSPS) is 11.7. The number of nitrogens with zero attached hydrogens (tertiary/aromatic N) is 2. The lowest BCUT2D eigenvalue weighted by Crippen LogP contribution is -2.39. The van der Waals surface area contributed by atoms with Gasteiger partial charge >= 0.3 is 0 Å². The van der Waals surface area contributed by atoms with Crippen molar-refractivity contribution in [2.45, 2.75) is 32.2 Å². The number of aryl methyl sites for hydroxylation is 3. The van der Waals surface area contributed by atoms with Crippen LogP contribution >= 0.6 is 0 Å². The number of ether oxygens (including phenoxy) is 1. The number of methoxy groups -OCH3 is 1. The predicted octanol–water partition coefficient (Wildman–Crippen LogP) is 3.96. The molecule has 0 heterocycles. The fourth-order valence-electron chi connectivity index (χ4n) is 3.78. The van der Waals surface area contributed by atoms with E-state index in [1.807, 2.05) is 49.4 Å². The molecule has 178 valence electrons. The van der Waals surface area contributed by atoms with Gasteiger partial charge in [0.1, 0.15) is 5.75 Å². The number of hydrazone groups is 1. The van der Waals surface area contributed by atoms with Gasteiger partial charge in [-0.15, -0.1) is 0 Å². The average molecular weight is 480 g/mol. The maximum absolute atomic E-state index is 13.7. The second kappa shape index (κ2) is 11.1. The predicted molar refractivity (Wildman–Crippen MR) is 133 cm³/mol. The average Bonchev–Trinajstić information content (AvgIpc) is 2.79. The van der Waals surface area contributed by atoms with Gasteiger partial charge in [0, 0.05) is 6.54 Å². The maximum atomic E-state index is 13.7. The second-order valence-electron chi connectivity index (χ2n) is 8.05. The van der Waals surface area contributed by atoms with Crippen LogP contribution in [-0.2, 0) is 21.4 Å². The molecule has 0 aliphatic heterocycles. The highest BCUT2D eigenvalue weighted by molar-refractivity contribution is 7.89. The van der Waals surface area contributed by atoms with Crippen LogP contribution in [0.5, 0.6) is 5.75 Å². The van der Waals surface area contributed by atoms with E-state index in [1.54, 1.807) is 45.2 Å². The van der Waals surface area contributed by atoms with Crippen molar-refractivity contribution in [3.05, 3.63) is 94.5 Å². The summed E-state index contributed by atoms with van der Waals surface area (Å²) in [5, 5.41) is 3.97. The van der Waals surface area contributed by atoms with Crippen LogP contribution in [0.1, 0.15) is 27.8 Å². The molecular weight excluding hydrogens is 450 g/mol. The number of hydrogen-bond acceptors (Lipinski definition) is 5. The highest BCUT2D eigenvalue weighted by Gasteiger charge is 2.29. The fraction of sp³-hybridized carbons (Fsp3) is 0.231.